The number of hydrogen-bond acceptors (Lipinski definition) is 0. The van der Waals surface area contributed by atoms with Crippen molar-refractivity contribution < 1.29 is 4.39 Å². The molecule has 1 aliphatic carbocycles. The van der Waals surface area contributed by atoms with Crippen LogP contribution in [0.25, 0.3) is 0 Å². The average Bonchev–Trinajstić information content (AvgIpc) is 2.70. The van der Waals surface area contributed by atoms with Gasteiger partial charge in [-0.1, -0.05) is 0 Å². The van der Waals surface area contributed by atoms with E-state index in [1.807, 2.05) is 12.1 Å². The molecule has 11 heavy (non-hydrogen) atoms. The van der Waals surface area contributed by atoms with Crippen molar-refractivity contribution in [2.24, 2.45) is 0 Å². The van der Waals surface area contributed by atoms with Crippen molar-refractivity contribution in [3.63, 3.8) is 0 Å². The van der Waals surface area contributed by atoms with Crippen molar-refractivity contribution in [2.45, 2.75) is 16.3 Å². The molecule has 1 aliphatic rings. The van der Waals surface area contributed by atoms with Gasteiger partial charge in [0, 0.05) is 0 Å². The van der Waals surface area contributed by atoms with Gasteiger partial charge in [-0.05, 0) is 0 Å². The summed E-state index contributed by atoms with van der Waals surface area (Å²) in [7, 11) is 0. The van der Waals surface area contributed by atoms with Crippen molar-refractivity contribution in [2.75, 3.05) is 0 Å². The third-order valence-electron chi connectivity index (χ3n) is 2.14. The molecule has 0 N–H and O–H groups in total. The van der Waals surface area contributed by atoms with E-state index in [4.69, 9.17) is 0 Å². The van der Waals surface area contributed by atoms with E-state index >= 15 is 0 Å². The Morgan fingerprint density at radius 1 is 1.27 bits per heavy atom. The molecule has 2 rings (SSSR count). The van der Waals surface area contributed by atoms with Crippen LogP contribution in [0.15, 0.2) is 24.3 Å². The summed E-state index contributed by atoms with van der Waals surface area (Å²) in [6.07, 6.45) is 2.35. The van der Waals surface area contributed by atoms with E-state index in [9.17, 15) is 4.39 Å². The molecule has 1 aromatic carbocycles. The normalized spacial score (nSPS) is 19.8. The van der Waals surface area contributed by atoms with Crippen molar-refractivity contribution in [1.29, 1.82) is 0 Å². The minimum atomic E-state index is -0.0261. The molecule has 0 amide bonds. The summed E-state index contributed by atoms with van der Waals surface area (Å²) in [5.41, 5.74) is 0.929. The topological polar surface area (TPSA) is 0 Å². The number of halogens is 1. The van der Waals surface area contributed by atoms with Crippen molar-refractivity contribution in [1.82, 2.24) is 0 Å². The summed E-state index contributed by atoms with van der Waals surface area (Å²) < 4.78 is 13.4. The average molecular weight is 254 g/mol. The van der Waals surface area contributed by atoms with Crippen molar-refractivity contribution in [3.05, 3.63) is 35.6 Å². The van der Waals surface area contributed by atoms with Crippen LogP contribution in [-0.2, 0) is 3.43 Å². The van der Waals surface area contributed by atoms with Crippen LogP contribution in [0, 0.1) is 5.82 Å². The molecule has 1 fully saturated rings. The molecule has 1 aromatic rings. The summed E-state index contributed by atoms with van der Waals surface area (Å²) in [5, 5.41) is 0. The minimum absolute atomic E-state index is 0.0261. The Labute approximate surface area is 78.9 Å². The number of rotatable bonds is 1. The molecule has 2 heteroatoms. The van der Waals surface area contributed by atoms with E-state index in [0.717, 1.165) is 5.56 Å². The molecule has 0 bridgehead atoms. The van der Waals surface area contributed by atoms with Gasteiger partial charge in [0.05, 0.1) is 0 Å². The first-order chi connectivity index (χ1) is 5.22. The summed E-state index contributed by atoms with van der Waals surface area (Å²) in [4.78, 5) is 0. The van der Waals surface area contributed by atoms with E-state index in [-0.39, 0.29) is 9.25 Å². The van der Waals surface area contributed by atoms with Crippen LogP contribution < -0.4 is 0 Å². The van der Waals surface area contributed by atoms with Gasteiger partial charge in [-0.3, -0.25) is 0 Å². The molecule has 0 aliphatic heterocycles. The van der Waals surface area contributed by atoms with Gasteiger partial charge in [0.25, 0.3) is 0 Å². The Balaban J connectivity index is 2.45. The van der Waals surface area contributed by atoms with Gasteiger partial charge in [0.1, 0.15) is 0 Å². The number of hydrogen-bond donors (Lipinski definition) is 0. The predicted octanol–water partition coefficient (Wildman–Crippen LogP) is 1.98. The summed E-state index contributed by atoms with van der Waals surface area (Å²) in [5.74, 6) is -0.0261. The second-order valence-electron chi connectivity index (χ2n) is 3.06. The molecule has 0 saturated heterocycles. The second-order valence-corrected chi connectivity index (χ2v) is 5.79. The number of benzene rings is 1. The molecular formula is C9H8FSn. The fraction of sp³-hybridized carbons (Fsp3) is 0.333. The van der Waals surface area contributed by atoms with Crippen LogP contribution in [0.2, 0.25) is 0 Å². The van der Waals surface area contributed by atoms with Crippen molar-refractivity contribution >= 4 is 22.5 Å². The van der Waals surface area contributed by atoms with Crippen LogP contribution in [0.1, 0.15) is 18.4 Å². The molecule has 0 atom stereocenters. The van der Waals surface area contributed by atoms with E-state index in [0.29, 0.717) is 0 Å². The van der Waals surface area contributed by atoms with E-state index < -0.39 is 0 Å². The molecular weight excluding hydrogens is 246 g/mol. The molecule has 0 nitrogen and oxygen atoms in total. The molecule has 3 radical (unpaired) electrons. The Hall–Kier alpha value is -0.0513. The van der Waals surface area contributed by atoms with Gasteiger partial charge < -0.3 is 0 Å². The van der Waals surface area contributed by atoms with Crippen LogP contribution in [0.4, 0.5) is 4.39 Å². The van der Waals surface area contributed by atoms with Gasteiger partial charge in [0.2, 0.25) is 0 Å². The predicted molar refractivity (Wildman–Crippen MR) is 43.1 cm³/mol. The second kappa shape index (κ2) is 2.47. The van der Waals surface area contributed by atoms with E-state index in [1.165, 1.54) is 35.4 Å². The van der Waals surface area contributed by atoms with E-state index in [1.54, 1.807) is 12.1 Å². The standard InChI is InChI=1S/C9H8F.Sn/c10-9-4-2-1-3-8(9)7-5-6-7;/h1-4H,5-6H2;. The van der Waals surface area contributed by atoms with Gasteiger partial charge in [-0.2, -0.15) is 0 Å². The summed E-state index contributed by atoms with van der Waals surface area (Å²) in [6.45, 7) is 0. The summed E-state index contributed by atoms with van der Waals surface area (Å²) in [6, 6.07) is 7.14. The first-order valence-corrected chi connectivity index (χ1v) is 5.15. The quantitative estimate of drug-likeness (QED) is 0.672. The monoisotopic (exact) mass is 255 g/mol. The Morgan fingerprint density at radius 2 is 1.91 bits per heavy atom. The van der Waals surface area contributed by atoms with Crippen LogP contribution in [0.3, 0.4) is 0 Å². The van der Waals surface area contributed by atoms with Crippen LogP contribution in [-0.4, -0.2) is 22.5 Å². The molecule has 55 valence electrons. The fourth-order valence-corrected chi connectivity index (χ4v) is 2.18. The molecule has 0 spiro atoms. The Morgan fingerprint density at radius 3 is 2.45 bits per heavy atom. The molecule has 0 unspecified atom stereocenters. The van der Waals surface area contributed by atoms with Gasteiger partial charge in [0.15, 0.2) is 0 Å². The molecule has 0 heterocycles. The maximum atomic E-state index is 13.1. The fourth-order valence-electron chi connectivity index (χ4n) is 1.24. The van der Waals surface area contributed by atoms with Crippen LogP contribution >= 0.6 is 0 Å². The van der Waals surface area contributed by atoms with Gasteiger partial charge >= 0.3 is 78.8 Å². The van der Waals surface area contributed by atoms with Gasteiger partial charge in [-0.15, -0.1) is 0 Å². The Bertz CT molecular complexity index is 279. The van der Waals surface area contributed by atoms with E-state index in [2.05, 4.69) is 0 Å². The Kier molecular flexibility index (Phi) is 1.71. The zero-order valence-electron chi connectivity index (χ0n) is 6.10. The van der Waals surface area contributed by atoms with Crippen molar-refractivity contribution in [3.8, 4) is 0 Å². The SMILES string of the molecule is Fc1ccccc1[C]1([Sn])CC1. The third kappa shape index (κ3) is 1.30. The zero-order chi connectivity index (χ0) is 7.90. The first kappa shape index (κ1) is 7.59. The summed E-state index contributed by atoms with van der Waals surface area (Å²) >= 11 is 1.45. The van der Waals surface area contributed by atoms with Gasteiger partial charge in [-0.25, -0.2) is 0 Å². The van der Waals surface area contributed by atoms with Crippen LogP contribution in [0.5, 0.6) is 0 Å². The third-order valence-corrected chi connectivity index (χ3v) is 4.34. The zero-order valence-corrected chi connectivity index (χ0v) is 8.96. The maximum absolute atomic E-state index is 13.1. The molecule has 1 saturated carbocycles. The molecule has 0 aromatic heterocycles. The first-order valence-electron chi connectivity index (χ1n) is 3.72.